The number of thiophene rings is 1. The summed E-state index contributed by atoms with van der Waals surface area (Å²) in [6.45, 7) is 4.98. The van der Waals surface area contributed by atoms with Crippen LogP contribution in [0.2, 0.25) is 0 Å². The van der Waals surface area contributed by atoms with Crippen LogP contribution in [0.25, 0.3) is 10.4 Å². The van der Waals surface area contributed by atoms with Crippen LogP contribution in [0.4, 0.5) is 0 Å². The molecule has 0 saturated carbocycles. The summed E-state index contributed by atoms with van der Waals surface area (Å²) in [4.78, 5) is 34.0. The van der Waals surface area contributed by atoms with Crippen LogP contribution < -0.4 is 5.32 Å². The minimum Gasteiger partial charge on any atom is -0.353 e. The topological polar surface area (TPSA) is 62.3 Å². The van der Waals surface area contributed by atoms with Gasteiger partial charge in [0.15, 0.2) is 0 Å². The Hall–Kier alpha value is -2.99. The van der Waals surface area contributed by atoms with Crippen molar-refractivity contribution < 1.29 is 9.59 Å². The number of carbonyl (C=O) groups is 2. The molecule has 3 heterocycles. The molecule has 1 saturated heterocycles. The Morgan fingerprint density at radius 3 is 2.66 bits per heavy atom. The monoisotopic (exact) mass is 447 g/mol. The predicted molar refractivity (Wildman–Crippen MR) is 129 cm³/mol. The van der Waals surface area contributed by atoms with Crippen molar-refractivity contribution in [3.8, 4) is 10.4 Å². The van der Waals surface area contributed by atoms with Gasteiger partial charge in [-0.1, -0.05) is 36.4 Å². The van der Waals surface area contributed by atoms with Crippen LogP contribution in [-0.4, -0.2) is 40.8 Å². The Morgan fingerprint density at radius 2 is 1.94 bits per heavy atom. The molecule has 6 heteroatoms. The number of rotatable bonds is 6. The average Bonchev–Trinajstić information content (AvgIpc) is 3.34. The molecule has 0 bridgehead atoms. The molecule has 0 radical (unpaired) electrons. The number of likely N-dealkylation sites (tertiary alicyclic amines) is 1. The van der Waals surface area contributed by atoms with Crippen molar-refractivity contribution in [1.82, 2.24) is 15.2 Å². The van der Waals surface area contributed by atoms with Gasteiger partial charge in [-0.3, -0.25) is 14.6 Å². The molecular weight excluding hydrogens is 418 g/mol. The van der Waals surface area contributed by atoms with Crippen LogP contribution in [-0.2, 0) is 11.2 Å². The molecule has 1 atom stereocenters. The highest BCUT2D eigenvalue weighted by Crippen LogP contribution is 2.38. The van der Waals surface area contributed by atoms with Gasteiger partial charge in [-0.05, 0) is 67.8 Å². The zero-order chi connectivity index (χ0) is 22.6. The molecular formula is C26H29N3O2S. The SMILES string of the molecule is CC(C)NC(=O)C1(Cc2ccccc2-c2cccs2)CCCN(C(=O)c2ccccn2)C1. The van der Waals surface area contributed by atoms with Crippen molar-refractivity contribution in [2.75, 3.05) is 13.1 Å². The lowest BCUT2D eigenvalue weighted by Gasteiger charge is -2.42. The van der Waals surface area contributed by atoms with Gasteiger partial charge in [0.2, 0.25) is 5.91 Å². The lowest BCUT2D eigenvalue weighted by atomic mass is 9.73. The first-order chi connectivity index (χ1) is 15.5. The summed E-state index contributed by atoms with van der Waals surface area (Å²) in [6.07, 6.45) is 3.75. The summed E-state index contributed by atoms with van der Waals surface area (Å²) in [5, 5.41) is 5.21. The van der Waals surface area contributed by atoms with E-state index in [1.807, 2.05) is 38.1 Å². The predicted octanol–water partition coefficient (Wildman–Crippen LogP) is 4.80. The van der Waals surface area contributed by atoms with E-state index < -0.39 is 5.41 Å². The maximum Gasteiger partial charge on any atom is 0.272 e. The van der Waals surface area contributed by atoms with Gasteiger partial charge in [0.1, 0.15) is 5.69 Å². The van der Waals surface area contributed by atoms with Crippen LogP contribution in [0.3, 0.4) is 0 Å². The molecule has 1 aromatic carbocycles. The Morgan fingerprint density at radius 1 is 1.12 bits per heavy atom. The van der Waals surface area contributed by atoms with Gasteiger partial charge in [-0.25, -0.2) is 0 Å². The van der Waals surface area contributed by atoms with Gasteiger partial charge >= 0.3 is 0 Å². The number of aromatic nitrogens is 1. The van der Waals surface area contributed by atoms with Gasteiger partial charge in [0.05, 0.1) is 5.41 Å². The third-order valence-electron chi connectivity index (χ3n) is 5.98. The number of hydrogen-bond donors (Lipinski definition) is 1. The van der Waals surface area contributed by atoms with Crippen LogP contribution in [0.15, 0.2) is 66.2 Å². The Bertz CT molecular complexity index is 1070. The largest absolute Gasteiger partial charge is 0.353 e. The van der Waals surface area contributed by atoms with E-state index in [2.05, 4.69) is 33.9 Å². The number of carbonyl (C=O) groups excluding carboxylic acids is 2. The molecule has 3 aromatic rings. The molecule has 0 spiro atoms. The first kappa shape index (κ1) is 22.2. The van der Waals surface area contributed by atoms with E-state index in [9.17, 15) is 9.59 Å². The van der Waals surface area contributed by atoms with E-state index in [4.69, 9.17) is 0 Å². The summed E-state index contributed by atoms with van der Waals surface area (Å²) >= 11 is 1.70. The van der Waals surface area contributed by atoms with Crippen LogP contribution in [0.1, 0.15) is 42.7 Å². The van der Waals surface area contributed by atoms with E-state index in [1.165, 1.54) is 4.88 Å². The molecule has 1 fully saturated rings. The van der Waals surface area contributed by atoms with Crippen molar-refractivity contribution in [3.63, 3.8) is 0 Å². The van der Waals surface area contributed by atoms with Gasteiger partial charge in [0.25, 0.3) is 5.91 Å². The molecule has 1 N–H and O–H groups in total. The Labute approximate surface area is 193 Å². The summed E-state index contributed by atoms with van der Waals surface area (Å²) in [6, 6.07) is 17.8. The molecule has 166 valence electrons. The van der Waals surface area contributed by atoms with E-state index in [0.29, 0.717) is 25.2 Å². The zero-order valence-corrected chi connectivity index (χ0v) is 19.4. The standard InChI is InChI=1S/C26H29N3O2S/c1-19(2)28-25(31)26(17-20-9-3-4-10-21(20)23-12-7-16-32-23)13-8-15-29(18-26)24(30)22-11-5-6-14-27-22/h3-7,9-12,14,16,19H,8,13,15,17-18H2,1-2H3,(H,28,31). The molecule has 4 rings (SSSR count). The van der Waals surface area contributed by atoms with Gasteiger partial charge in [0, 0.05) is 30.2 Å². The third kappa shape index (κ3) is 4.75. The van der Waals surface area contributed by atoms with Crippen molar-refractivity contribution in [2.45, 2.75) is 39.2 Å². The lowest BCUT2D eigenvalue weighted by Crippen LogP contribution is -2.55. The molecule has 1 unspecified atom stereocenters. The number of pyridine rings is 1. The maximum absolute atomic E-state index is 13.6. The van der Waals surface area contributed by atoms with Gasteiger partial charge in [-0.15, -0.1) is 11.3 Å². The minimum absolute atomic E-state index is 0.0204. The van der Waals surface area contributed by atoms with Gasteiger partial charge < -0.3 is 10.2 Å². The maximum atomic E-state index is 13.6. The molecule has 1 aliphatic heterocycles. The smallest absolute Gasteiger partial charge is 0.272 e. The van der Waals surface area contributed by atoms with Crippen molar-refractivity contribution in [3.05, 3.63) is 77.4 Å². The molecule has 0 aliphatic carbocycles. The summed E-state index contributed by atoms with van der Waals surface area (Å²) in [7, 11) is 0. The van der Waals surface area contributed by atoms with E-state index in [-0.39, 0.29) is 17.9 Å². The van der Waals surface area contributed by atoms with Gasteiger partial charge in [-0.2, -0.15) is 0 Å². The fourth-order valence-electron chi connectivity index (χ4n) is 4.49. The number of amides is 2. The molecule has 2 amide bonds. The molecule has 32 heavy (non-hydrogen) atoms. The highest BCUT2D eigenvalue weighted by atomic mass is 32.1. The van der Waals surface area contributed by atoms with E-state index >= 15 is 0 Å². The number of nitrogens with one attached hydrogen (secondary N) is 1. The number of piperidine rings is 1. The van der Waals surface area contributed by atoms with Crippen LogP contribution >= 0.6 is 11.3 Å². The van der Waals surface area contributed by atoms with Crippen molar-refractivity contribution >= 4 is 23.2 Å². The number of benzene rings is 1. The first-order valence-electron chi connectivity index (χ1n) is 11.1. The Balaban J connectivity index is 1.68. The average molecular weight is 448 g/mol. The van der Waals surface area contributed by atoms with E-state index in [1.54, 1.807) is 34.6 Å². The second-order valence-corrected chi connectivity index (χ2v) is 9.71. The quantitative estimate of drug-likeness (QED) is 0.590. The first-order valence-corrected chi connectivity index (χ1v) is 12.0. The fourth-order valence-corrected chi connectivity index (χ4v) is 5.28. The third-order valence-corrected chi connectivity index (χ3v) is 6.89. The summed E-state index contributed by atoms with van der Waals surface area (Å²) in [5.74, 6) is -0.0921. The normalized spacial score (nSPS) is 18.5. The molecule has 5 nitrogen and oxygen atoms in total. The van der Waals surface area contributed by atoms with Crippen molar-refractivity contribution in [1.29, 1.82) is 0 Å². The summed E-state index contributed by atoms with van der Waals surface area (Å²) < 4.78 is 0. The van der Waals surface area contributed by atoms with E-state index in [0.717, 1.165) is 24.0 Å². The highest BCUT2D eigenvalue weighted by Gasteiger charge is 2.44. The lowest BCUT2D eigenvalue weighted by molar-refractivity contribution is -0.134. The second kappa shape index (κ2) is 9.65. The van der Waals surface area contributed by atoms with Crippen molar-refractivity contribution in [2.24, 2.45) is 5.41 Å². The van der Waals surface area contributed by atoms with Crippen LogP contribution in [0, 0.1) is 5.41 Å². The summed E-state index contributed by atoms with van der Waals surface area (Å²) in [5.41, 5.74) is 2.04. The highest BCUT2D eigenvalue weighted by molar-refractivity contribution is 7.13. The number of hydrogen-bond acceptors (Lipinski definition) is 4. The molecule has 2 aromatic heterocycles. The fraction of sp³-hybridized carbons (Fsp3) is 0.346. The number of nitrogens with zero attached hydrogens (tertiary/aromatic N) is 2. The zero-order valence-electron chi connectivity index (χ0n) is 18.6. The second-order valence-electron chi connectivity index (χ2n) is 8.76. The van der Waals surface area contributed by atoms with Crippen LogP contribution in [0.5, 0.6) is 0 Å². The Kier molecular flexibility index (Phi) is 6.70. The minimum atomic E-state index is -0.680. The molecule has 1 aliphatic rings.